The summed E-state index contributed by atoms with van der Waals surface area (Å²) in [5, 5.41) is 20.4. The summed E-state index contributed by atoms with van der Waals surface area (Å²) < 4.78 is 4.76. The number of ether oxygens (including phenoxy) is 1. The maximum atomic E-state index is 12.0. The fraction of sp³-hybridized carbons (Fsp3) is 0.500. The molecule has 4 N–H and O–H groups in total. The van der Waals surface area contributed by atoms with E-state index in [0.29, 0.717) is 11.3 Å². The highest BCUT2D eigenvalue weighted by atomic mass is 32.2. The molecule has 2 aliphatic rings. The molecule has 0 aliphatic carbocycles. The summed E-state index contributed by atoms with van der Waals surface area (Å²) in [5.41, 5.74) is 5.13. The van der Waals surface area contributed by atoms with Crippen molar-refractivity contribution in [2.45, 2.75) is 25.5 Å². The van der Waals surface area contributed by atoms with Crippen LogP contribution in [0, 0.1) is 5.92 Å². The summed E-state index contributed by atoms with van der Waals surface area (Å²) in [7, 11) is 0. The van der Waals surface area contributed by atoms with E-state index in [1.807, 2.05) is 0 Å². The Hall–Kier alpha value is -1.84. The van der Waals surface area contributed by atoms with Crippen LogP contribution in [0.15, 0.2) is 22.1 Å². The van der Waals surface area contributed by atoms with E-state index in [9.17, 15) is 24.6 Å². The van der Waals surface area contributed by atoms with Crippen molar-refractivity contribution in [3.05, 3.63) is 22.1 Å². The number of β-lactam (4-membered cyclic amide) rings is 1. The first-order chi connectivity index (χ1) is 10.9. The van der Waals surface area contributed by atoms with Crippen LogP contribution in [0.2, 0.25) is 0 Å². The van der Waals surface area contributed by atoms with Crippen LogP contribution < -0.4 is 5.73 Å². The van der Waals surface area contributed by atoms with Crippen molar-refractivity contribution in [3.63, 3.8) is 0 Å². The molecular formula is C14H18N2O6S. The highest BCUT2D eigenvalue weighted by molar-refractivity contribution is 8.05. The maximum absolute atomic E-state index is 12.0. The van der Waals surface area contributed by atoms with Crippen LogP contribution >= 0.6 is 11.8 Å². The number of fused-ring (bicyclic) bond motifs is 1. The Morgan fingerprint density at radius 1 is 1.57 bits per heavy atom. The predicted octanol–water partition coefficient (Wildman–Crippen LogP) is -0.357. The summed E-state index contributed by atoms with van der Waals surface area (Å²) in [6, 6.07) is -0.339. The number of nitrogens with two attached hydrogens (primary N) is 1. The summed E-state index contributed by atoms with van der Waals surface area (Å²) in [5.74, 6) is -2.74. The lowest BCUT2D eigenvalue weighted by Gasteiger charge is -2.44. The second kappa shape index (κ2) is 7.16. The number of rotatable bonds is 7. The molecule has 23 heavy (non-hydrogen) atoms. The lowest BCUT2D eigenvalue weighted by molar-refractivity contribution is -0.161. The van der Waals surface area contributed by atoms with Crippen LogP contribution in [0.5, 0.6) is 0 Å². The zero-order valence-electron chi connectivity index (χ0n) is 12.5. The van der Waals surface area contributed by atoms with Crippen LogP contribution in [0.25, 0.3) is 0 Å². The van der Waals surface area contributed by atoms with Crippen LogP contribution in [0.3, 0.4) is 0 Å². The van der Waals surface area contributed by atoms with E-state index in [4.69, 9.17) is 10.5 Å². The number of hydrogen-bond acceptors (Lipinski definition) is 7. The Morgan fingerprint density at radius 3 is 2.83 bits per heavy atom. The Morgan fingerprint density at radius 2 is 2.26 bits per heavy atom. The van der Waals surface area contributed by atoms with Gasteiger partial charge in [0, 0.05) is 23.9 Å². The van der Waals surface area contributed by atoms with Gasteiger partial charge in [-0.3, -0.25) is 4.79 Å². The number of aliphatic carboxylic acids is 1. The van der Waals surface area contributed by atoms with Gasteiger partial charge in [-0.25, -0.2) is 9.59 Å². The number of carboxylic acids is 1. The van der Waals surface area contributed by atoms with Gasteiger partial charge in [0.1, 0.15) is 12.3 Å². The number of amides is 1. The van der Waals surface area contributed by atoms with Crippen molar-refractivity contribution in [2.24, 2.45) is 11.7 Å². The molecule has 0 radical (unpaired) electrons. The quantitative estimate of drug-likeness (QED) is 0.325. The average Bonchev–Trinajstić information content (AvgIpc) is 2.79. The number of thioether (sulfide) groups is 1. The highest BCUT2D eigenvalue weighted by Crippen LogP contribution is 2.47. The molecular weight excluding hydrogens is 324 g/mol. The van der Waals surface area contributed by atoms with Gasteiger partial charge in [-0.1, -0.05) is 11.8 Å². The van der Waals surface area contributed by atoms with E-state index < -0.39 is 24.0 Å². The highest BCUT2D eigenvalue weighted by Gasteiger charge is 2.56. The summed E-state index contributed by atoms with van der Waals surface area (Å²) >= 11 is 1.06. The molecule has 2 aliphatic heterocycles. The van der Waals surface area contributed by atoms with Gasteiger partial charge in [0.2, 0.25) is 5.91 Å². The minimum absolute atomic E-state index is 0.0816. The minimum Gasteiger partial charge on any atom is -0.477 e. The Kier molecular flexibility index (Phi) is 5.45. The lowest BCUT2D eigenvalue weighted by atomic mass is 9.83. The van der Waals surface area contributed by atoms with Crippen LogP contribution in [-0.2, 0) is 19.1 Å². The van der Waals surface area contributed by atoms with Gasteiger partial charge in [0.15, 0.2) is 0 Å². The summed E-state index contributed by atoms with van der Waals surface area (Å²) in [6.07, 6.45) is 0.691. The molecule has 1 saturated heterocycles. The van der Waals surface area contributed by atoms with Crippen molar-refractivity contribution in [1.82, 2.24) is 4.90 Å². The molecule has 9 heteroatoms. The second-order valence-corrected chi connectivity index (χ2v) is 6.20. The van der Waals surface area contributed by atoms with Gasteiger partial charge in [0.25, 0.3) is 0 Å². The van der Waals surface area contributed by atoms with Crippen molar-refractivity contribution < 1.29 is 29.3 Å². The van der Waals surface area contributed by atoms with Crippen LogP contribution in [0.1, 0.15) is 13.3 Å². The first-order valence-corrected chi connectivity index (χ1v) is 7.94. The maximum Gasteiger partial charge on any atom is 0.353 e. The molecule has 2 rings (SSSR count). The summed E-state index contributed by atoms with van der Waals surface area (Å²) in [4.78, 5) is 36.4. The molecule has 8 nitrogen and oxygen atoms in total. The number of aliphatic hydroxyl groups excluding tert-OH is 1. The van der Waals surface area contributed by atoms with Gasteiger partial charge in [-0.2, -0.15) is 0 Å². The molecule has 0 saturated carbocycles. The molecule has 0 aromatic heterocycles. The number of esters is 1. The third-order valence-corrected chi connectivity index (χ3v) is 4.58. The SMILES string of the molecule is C[C@H](O)[C@@H]1C(=O)N2C(C(=O)O)=C(S/C=C/C(=O)OCCN)C[C@H]12. The van der Waals surface area contributed by atoms with Crippen LogP contribution in [0.4, 0.5) is 0 Å². The molecule has 126 valence electrons. The normalized spacial score (nSPS) is 24.7. The fourth-order valence-electron chi connectivity index (χ4n) is 2.72. The third kappa shape index (κ3) is 3.41. The molecule has 0 aromatic carbocycles. The largest absolute Gasteiger partial charge is 0.477 e. The van der Waals surface area contributed by atoms with E-state index in [2.05, 4.69) is 0 Å². The van der Waals surface area contributed by atoms with E-state index in [-0.39, 0.29) is 30.8 Å². The standard InChI is InChI=1S/C14H18N2O6S/c1-7(17)11-8-6-9(12(14(20)21)16(8)13(11)19)23-5-2-10(18)22-4-3-15/h2,5,7-8,11,17H,3-4,6,15H2,1H3,(H,20,21)/b5-2+/t7-,8+,11-/m0/s1. The van der Waals surface area contributed by atoms with Gasteiger partial charge in [-0.05, 0) is 12.3 Å². The molecule has 3 atom stereocenters. The smallest absolute Gasteiger partial charge is 0.353 e. The first kappa shape index (κ1) is 17.5. The number of carboxylic acid groups (broad SMARTS) is 1. The minimum atomic E-state index is -1.20. The van der Waals surface area contributed by atoms with E-state index >= 15 is 0 Å². The van der Waals surface area contributed by atoms with E-state index in [1.54, 1.807) is 0 Å². The number of carbonyl (C=O) groups excluding carboxylic acids is 2. The van der Waals surface area contributed by atoms with Gasteiger partial charge in [0.05, 0.1) is 18.1 Å². The third-order valence-electron chi connectivity index (χ3n) is 3.67. The molecule has 2 heterocycles. The topological polar surface area (TPSA) is 130 Å². The second-order valence-electron chi connectivity index (χ2n) is 5.20. The molecule has 0 aromatic rings. The zero-order chi connectivity index (χ0) is 17.1. The number of hydrogen-bond donors (Lipinski definition) is 3. The van der Waals surface area contributed by atoms with Crippen molar-refractivity contribution in [1.29, 1.82) is 0 Å². The zero-order valence-corrected chi connectivity index (χ0v) is 13.3. The molecule has 1 fully saturated rings. The van der Waals surface area contributed by atoms with Crippen LogP contribution in [-0.4, -0.2) is 58.3 Å². The van der Waals surface area contributed by atoms with Gasteiger partial charge >= 0.3 is 11.9 Å². The van der Waals surface area contributed by atoms with Gasteiger partial charge in [-0.15, -0.1) is 0 Å². The Balaban J connectivity index is 2.06. The Bertz CT molecular complexity index is 586. The monoisotopic (exact) mass is 342 g/mol. The molecule has 1 amide bonds. The van der Waals surface area contributed by atoms with Crippen molar-refractivity contribution in [2.75, 3.05) is 13.2 Å². The lowest BCUT2D eigenvalue weighted by Crippen LogP contribution is -2.61. The number of aliphatic hydroxyl groups is 1. The number of carbonyl (C=O) groups is 3. The van der Waals surface area contributed by atoms with Crippen molar-refractivity contribution in [3.8, 4) is 0 Å². The average molecular weight is 342 g/mol. The van der Waals surface area contributed by atoms with Gasteiger partial charge < -0.3 is 25.6 Å². The first-order valence-electron chi connectivity index (χ1n) is 7.06. The Labute approximate surface area is 137 Å². The van der Waals surface area contributed by atoms with E-state index in [1.165, 1.54) is 23.3 Å². The predicted molar refractivity (Wildman–Crippen MR) is 81.8 cm³/mol. The number of nitrogens with zero attached hydrogens (tertiary/aromatic N) is 1. The molecule has 0 bridgehead atoms. The molecule has 0 unspecified atom stereocenters. The fourth-order valence-corrected chi connectivity index (χ4v) is 3.62. The van der Waals surface area contributed by atoms with Crippen molar-refractivity contribution >= 4 is 29.6 Å². The van der Waals surface area contributed by atoms with E-state index in [0.717, 1.165) is 11.8 Å². The summed E-state index contributed by atoms with van der Waals surface area (Å²) in [6.45, 7) is 1.84. The molecule has 0 spiro atoms.